The number of ether oxygens (including phenoxy) is 1. The molecular weight excluding hydrogens is 425 g/mol. The van der Waals surface area contributed by atoms with Gasteiger partial charge in [-0.1, -0.05) is 42.5 Å². The summed E-state index contributed by atoms with van der Waals surface area (Å²) >= 11 is 0. The van der Waals surface area contributed by atoms with E-state index in [2.05, 4.69) is 0 Å². The summed E-state index contributed by atoms with van der Waals surface area (Å²) in [6.07, 6.45) is 0. The fourth-order valence-corrected chi connectivity index (χ4v) is 7.48. The van der Waals surface area contributed by atoms with Crippen molar-refractivity contribution in [2.24, 2.45) is 0 Å². The molecule has 29 heavy (non-hydrogen) atoms. The smallest absolute Gasteiger partial charge is 0.497 e. The lowest BCUT2D eigenvalue weighted by atomic mass is 10.3. The van der Waals surface area contributed by atoms with Gasteiger partial charge >= 0.3 is 15.6 Å². The molecule has 3 aromatic rings. The van der Waals surface area contributed by atoms with E-state index in [0.717, 1.165) is 0 Å². The molecule has 0 aliphatic rings. The van der Waals surface area contributed by atoms with Crippen LogP contribution in [0.15, 0.2) is 99.6 Å². The molecule has 154 valence electrons. The normalized spacial score (nSPS) is 13.1. The van der Waals surface area contributed by atoms with Crippen molar-refractivity contribution in [2.45, 2.75) is 20.2 Å². The van der Waals surface area contributed by atoms with Crippen LogP contribution in [-0.2, 0) is 13.7 Å². The predicted molar refractivity (Wildman–Crippen MR) is 104 cm³/mol. The molecule has 3 rings (SSSR count). The molecule has 0 bridgehead atoms. The first-order chi connectivity index (χ1) is 13.7. The third-order valence-electron chi connectivity index (χ3n) is 4.00. The molecule has 4 nitrogen and oxygen atoms in total. The lowest BCUT2D eigenvalue weighted by Crippen LogP contribution is -2.27. The van der Waals surface area contributed by atoms with E-state index in [9.17, 15) is 21.6 Å². The molecule has 0 aromatic heterocycles. The van der Waals surface area contributed by atoms with E-state index in [1.165, 1.54) is 19.2 Å². The molecule has 9 heteroatoms. The van der Waals surface area contributed by atoms with Crippen molar-refractivity contribution in [3.05, 3.63) is 84.9 Å². The maximum Gasteiger partial charge on any atom is 0.524 e. The van der Waals surface area contributed by atoms with Crippen molar-refractivity contribution in [1.82, 2.24) is 0 Å². The van der Waals surface area contributed by atoms with Crippen LogP contribution in [0, 0.1) is 0 Å². The van der Waals surface area contributed by atoms with Crippen LogP contribution < -0.4 is 4.74 Å². The molecule has 0 N–H and O–H groups in total. The molecule has 0 saturated carbocycles. The van der Waals surface area contributed by atoms with Crippen LogP contribution in [0.1, 0.15) is 0 Å². The van der Waals surface area contributed by atoms with Gasteiger partial charge in [0.2, 0.25) is 0 Å². The average Bonchev–Trinajstić information content (AvgIpc) is 2.72. The number of halogens is 3. The van der Waals surface area contributed by atoms with Crippen LogP contribution in [0.5, 0.6) is 5.75 Å². The fourth-order valence-electron chi connectivity index (χ4n) is 2.70. The van der Waals surface area contributed by atoms with E-state index in [1.54, 1.807) is 72.8 Å². The van der Waals surface area contributed by atoms with Crippen molar-refractivity contribution in [2.75, 3.05) is 7.11 Å². The Morgan fingerprint density at radius 2 is 1.21 bits per heavy atom. The molecule has 0 heterocycles. The molecule has 0 aliphatic carbocycles. The topological polar surface area (TPSA) is 52.6 Å². The largest absolute Gasteiger partial charge is 0.524 e. The van der Waals surface area contributed by atoms with Gasteiger partial charge in [-0.05, 0) is 52.8 Å². The highest BCUT2D eigenvalue weighted by atomic mass is 32.3. The van der Waals surface area contributed by atoms with Crippen LogP contribution in [0.3, 0.4) is 0 Å². The van der Waals surface area contributed by atoms with Crippen LogP contribution >= 0.6 is 10.3 Å². The van der Waals surface area contributed by atoms with E-state index >= 15 is 0 Å². The number of hydrogen-bond acceptors (Lipinski definition) is 4. The first-order valence-electron chi connectivity index (χ1n) is 8.31. The van der Waals surface area contributed by atoms with Gasteiger partial charge in [-0.2, -0.15) is 25.2 Å². The summed E-state index contributed by atoms with van der Waals surface area (Å²) in [4.78, 5) is 0.849. The van der Waals surface area contributed by atoms with E-state index in [0.29, 0.717) is 15.5 Å². The lowest BCUT2D eigenvalue weighted by molar-refractivity contribution is -0.0496. The zero-order chi connectivity index (χ0) is 21.1. The number of methoxy groups -OCH3 is 1. The van der Waals surface area contributed by atoms with Gasteiger partial charge in [-0.25, -0.2) is 0 Å². The summed E-state index contributed by atoms with van der Waals surface area (Å²) in [5.41, 5.74) is -5.58. The number of rotatable bonds is 6. The third-order valence-corrected chi connectivity index (χ3v) is 8.89. The maximum atomic E-state index is 13.3. The minimum Gasteiger partial charge on any atom is -0.497 e. The van der Waals surface area contributed by atoms with Crippen LogP contribution in [-0.4, -0.2) is 21.0 Å². The maximum absolute atomic E-state index is 13.3. The number of alkyl halides is 3. The second-order valence-corrected chi connectivity index (χ2v) is 10.3. The lowest BCUT2D eigenvalue weighted by Gasteiger charge is -2.39. The van der Waals surface area contributed by atoms with Crippen LogP contribution in [0.25, 0.3) is 0 Å². The van der Waals surface area contributed by atoms with Crippen molar-refractivity contribution >= 4 is 20.4 Å². The first kappa shape index (κ1) is 21.2. The minimum absolute atomic E-state index is 0.252. The summed E-state index contributed by atoms with van der Waals surface area (Å²) in [7, 11) is -7.81. The summed E-state index contributed by atoms with van der Waals surface area (Å²) in [6.45, 7) is 0. The second kappa shape index (κ2) is 8.10. The standard InChI is InChI=1S/C20H17F3O4S2/c1-26-16-9-8-14-19(15-16)28(17-10-4-2-5-11-17,18-12-6-3-7-13-18)27-29(24,25)20(21,22)23/h2-15H,1H3. The van der Waals surface area contributed by atoms with Gasteiger partial charge in [0, 0.05) is 14.7 Å². The number of hydrogen-bond donors (Lipinski definition) is 0. The Labute approximate surface area is 168 Å². The monoisotopic (exact) mass is 442 g/mol. The Hall–Kier alpha value is -2.49. The molecule has 0 aliphatic heterocycles. The van der Waals surface area contributed by atoms with E-state index in [4.69, 9.17) is 8.37 Å². The molecule has 0 radical (unpaired) electrons. The fraction of sp³-hybridized carbons (Fsp3) is 0.100. The molecule has 3 aromatic carbocycles. The van der Waals surface area contributed by atoms with Gasteiger partial charge in [0.15, 0.2) is 0 Å². The molecule has 0 amide bonds. The summed E-state index contributed by atoms with van der Waals surface area (Å²) in [5.74, 6) is 0.360. The summed E-state index contributed by atoms with van der Waals surface area (Å²) in [6, 6.07) is 22.2. The quantitative estimate of drug-likeness (QED) is 0.456. The molecular formula is C20H17F3O4S2. The summed E-state index contributed by atoms with van der Waals surface area (Å²) < 4.78 is 74.7. The Kier molecular flexibility index (Phi) is 5.92. The van der Waals surface area contributed by atoms with Crippen LogP contribution in [0.4, 0.5) is 13.2 Å². The second-order valence-electron chi connectivity index (χ2n) is 5.83. The van der Waals surface area contributed by atoms with Crippen LogP contribution in [0.2, 0.25) is 0 Å². The van der Waals surface area contributed by atoms with Gasteiger partial charge < -0.3 is 4.74 Å². The van der Waals surface area contributed by atoms with Crippen molar-refractivity contribution < 1.29 is 30.0 Å². The Bertz CT molecular complexity index is 1030. The Balaban J connectivity index is 2.40. The predicted octanol–water partition coefficient (Wildman–Crippen LogP) is 5.76. The average molecular weight is 442 g/mol. The van der Waals surface area contributed by atoms with E-state index in [-0.39, 0.29) is 4.90 Å². The minimum atomic E-state index is -5.92. The molecule has 0 atom stereocenters. The van der Waals surface area contributed by atoms with Crippen molar-refractivity contribution in [1.29, 1.82) is 0 Å². The van der Waals surface area contributed by atoms with Gasteiger partial charge in [0.25, 0.3) is 0 Å². The Morgan fingerprint density at radius 3 is 1.66 bits per heavy atom. The molecule has 0 spiro atoms. The third kappa shape index (κ3) is 4.12. The van der Waals surface area contributed by atoms with Gasteiger partial charge in [0.05, 0.1) is 7.11 Å². The Morgan fingerprint density at radius 1 is 0.724 bits per heavy atom. The summed E-state index contributed by atoms with van der Waals surface area (Å²) in [5, 5.41) is 0. The number of benzene rings is 3. The molecule has 0 saturated heterocycles. The van der Waals surface area contributed by atoms with E-state index in [1.807, 2.05) is 0 Å². The van der Waals surface area contributed by atoms with Crippen molar-refractivity contribution in [3.8, 4) is 5.75 Å². The zero-order valence-electron chi connectivity index (χ0n) is 15.2. The molecule has 0 unspecified atom stereocenters. The highest BCUT2D eigenvalue weighted by Gasteiger charge is 2.52. The van der Waals surface area contributed by atoms with Gasteiger partial charge in [-0.3, -0.25) is 0 Å². The highest BCUT2D eigenvalue weighted by Crippen LogP contribution is 2.70. The van der Waals surface area contributed by atoms with E-state index < -0.39 is 25.9 Å². The van der Waals surface area contributed by atoms with Crippen molar-refractivity contribution in [3.63, 3.8) is 0 Å². The molecule has 0 fully saturated rings. The first-order valence-corrected chi connectivity index (χ1v) is 11.3. The van der Waals surface area contributed by atoms with Gasteiger partial charge in [0.1, 0.15) is 5.75 Å². The SMILES string of the molecule is COc1cccc(S(OS(=O)(=O)C(F)(F)F)(c2ccccc2)c2ccccc2)c1. The van der Waals surface area contributed by atoms with Gasteiger partial charge in [-0.15, -0.1) is 0 Å². The highest BCUT2D eigenvalue weighted by molar-refractivity contribution is 8.33. The zero-order valence-corrected chi connectivity index (χ0v) is 16.8.